The smallest absolute Gasteiger partial charge is 0.254 e. The van der Waals surface area contributed by atoms with Crippen LogP contribution in [0.1, 0.15) is 52.9 Å². The van der Waals surface area contributed by atoms with Crippen LogP contribution in [0.25, 0.3) is 0 Å². The van der Waals surface area contributed by atoms with Crippen molar-refractivity contribution in [1.29, 1.82) is 5.26 Å². The number of nitriles is 1. The number of hydrogen-bond acceptors (Lipinski definition) is 5. The highest BCUT2D eigenvalue weighted by Gasteiger charge is 2.44. The molecule has 0 bridgehead atoms. The summed E-state index contributed by atoms with van der Waals surface area (Å²) in [6.07, 6.45) is 3.09. The van der Waals surface area contributed by atoms with Crippen molar-refractivity contribution in [1.82, 2.24) is 15.1 Å². The van der Waals surface area contributed by atoms with Gasteiger partial charge in [-0.25, -0.2) is 4.39 Å². The number of halogens is 1. The molecule has 0 aliphatic carbocycles. The Kier molecular flexibility index (Phi) is 6.13. The number of hydrogen-bond donors (Lipinski definition) is 1. The minimum Gasteiger partial charge on any atom is -0.330 e. The average molecular weight is 443 g/mol. The predicted molar refractivity (Wildman–Crippen MR) is 120 cm³/mol. The van der Waals surface area contributed by atoms with Gasteiger partial charge in [-0.2, -0.15) is 15.5 Å². The van der Waals surface area contributed by atoms with Gasteiger partial charge < -0.3 is 10.2 Å². The van der Waals surface area contributed by atoms with E-state index in [9.17, 15) is 14.0 Å². The highest BCUT2D eigenvalue weighted by atomic mass is 19.1. The van der Waals surface area contributed by atoms with Crippen molar-refractivity contribution in [3.63, 3.8) is 0 Å². The first-order chi connectivity index (χ1) is 15.9. The van der Waals surface area contributed by atoms with E-state index in [1.165, 1.54) is 18.3 Å². The summed E-state index contributed by atoms with van der Waals surface area (Å²) in [4.78, 5) is 28.8. The molecule has 1 aliphatic heterocycles. The zero-order chi connectivity index (χ0) is 23.5. The second-order valence-electron chi connectivity index (χ2n) is 8.33. The van der Waals surface area contributed by atoms with Crippen molar-refractivity contribution < 1.29 is 14.0 Å². The van der Waals surface area contributed by atoms with Crippen molar-refractivity contribution in [2.24, 2.45) is 5.92 Å². The van der Waals surface area contributed by atoms with Crippen LogP contribution in [0, 0.1) is 23.1 Å². The summed E-state index contributed by atoms with van der Waals surface area (Å²) in [6.45, 7) is 4.46. The van der Waals surface area contributed by atoms with Crippen LogP contribution in [-0.2, 0) is 4.79 Å². The number of amides is 2. The Hall–Kier alpha value is -4.12. The summed E-state index contributed by atoms with van der Waals surface area (Å²) in [5.74, 6) is -1.78. The molecule has 2 amide bonds. The molecule has 0 saturated carbocycles. The molecule has 1 N–H and O–H groups in total. The molecule has 2 atom stereocenters. The minimum absolute atomic E-state index is 0.154. The summed E-state index contributed by atoms with van der Waals surface area (Å²) >= 11 is 0. The van der Waals surface area contributed by atoms with E-state index in [1.807, 2.05) is 13.8 Å². The van der Waals surface area contributed by atoms with Gasteiger partial charge in [-0.1, -0.05) is 32.0 Å². The quantitative estimate of drug-likeness (QED) is 0.641. The number of anilines is 1. The lowest BCUT2D eigenvalue weighted by Crippen LogP contribution is -2.47. The van der Waals surface area contributed by atoms with Gasteiger partial charge in [0.15, 0.2) is 0 Å². The normalized spacial score (nSPS) is 17.4. The number of benzene rings is 2. The second kappa shape index (κ2) is 9.17. The third-order valence-electron chi connectivity index (χ3n) is 5.59. The van der Waals surface area contributed by atoms with E-state index in [1.54, 1.807) is 47.5 Å². The highest BCUT2D eigenvalue weighted by Crippen LogP contribution is 2.43. The van der Waals surface area contributed by atoms with Crippen LogP contribution in [-0.4, -0.2) is 33.5 Å². The Morgan fingerprint density at radius 1 is 1.21 bits per heavy atom. The first-order valence-electron chi connectivity index (χ1n) is 10.6. The van der Waals surface area contributed by atoms with Gasteiger partial charge in [0.1, 0.15) is 11.9 Å². The minimum atomic E-state index is -0.752. The number of aromatic nitrogens is 2. The zero-order valence-electron chi connectivity index (χ0n) is 18.2. The largest absolute Gasteiger partial charge is 0.330 e. The molecule has 8 heteroatoms. The molecule has 3 aromatic rings. The topological polar surface area (TPSA) is 99.0 Å². The molecule has 0 radical (unpaired) electrons. The molecule has 0 saturated heterocycles. The van der Waals surface area contributed by atoms with Gasteiger partial charge in [0, 0.05) is 24.0 Å². The molecule has 4 rings (SSSR count). The lowest BCUT2D eigenvalue weighted by Gasteiger charge is -2.42. The molecule has 0 unspecified atom stereocenters. The first kappa shape index (κ1) is 22.1. The van der Waals surface area contributed by atoms with Crippen LogP contribution in [0.2, 0.25) is 0 Å². The van der Waals surface area contributed by atoms with Crippen LogP contribution < -0.4 is 5.32 Å². The predicted octanol–water partition coefficient (Wildman–Crippen LogP) is 4.06. The first-order valence-corrected chi connectivity index (χ1v) is 10.6. The maximum absolute atomic E-state index is 13.8. The fourth-order valence-electron chi connectivity index (χ4n) is 4.23. The number of carbonyl (C=O) groups is 2. The summed E-state index contributed by atoms with van der Waals surface area (Å²) in [7, 11) is 0. The van der Waals surface area contributed by atoms with Crippen LogP contribution in [0.4, 0.5) is 10.1 Å². The molecule has 166 valence electrons. The molecular formula is C25H22FN5O2. The van der Waals surface area contributed by atoms with E-state index < -0.39 is 17.8 Å². The Labute approximate surface area is 190 Å². The van der Waals surface area contributed by atoms with E-state index in [0.717, 1.165) is 6.07 Å². The fraction of sp³-hybridized carbons (Fsp3) is 0.240. The molecule has 7 nitrogen and oxygen atoms in total. The highest BCUT2D eigenvalue weighted by molar-refractivity contribution is 6.04. The summed E-state index contributed by atoms with van der Waals surface area (Å²) < 4.78 is 13.8. The van der Waals surface area contributed by atoms with E-state index in [2.05, 4.69) is 15.5 Å². The molecule has 33 heavy (non-hydrogen) atoms. The van der Waals surface area contributed by atoms with Gasteiger partial charge in [-0.05, 0) is 47.4 Å². The maximum atomic E-state index is 13.8. The third-order valence-corrected chi connectivity index (χ3v) is 5.59. The average Bonchev–Trinajstić information content (AvgIpc) is 2.82. The Bertz CT molecular complexity index is 1240. The molecule has 1 aromatic heterocycles. The van der Waals surface area contributed by atoms with Crippen LogP contribution in [0.3, 0.4) is 0 Å². The van der Waals surface area contributed by atoms with E-state index in [0.29, 0.717) is 28.9 Å². The van der Waals surface area contributed by atoms with Crippen LogP contribution >= 0.6 is 0 Å². The molecule has 2 aromatic carbocycles. The van der Waals surface area contributed by atoms with Crippen LogP contribution in [0.15, 0.2) is 60.9 Å². The van der Waals surface area contributed by atoms with Crippen molar-refractivity contribution in [3.05, 3.63) is 89.0 Å². The Morgan fingerprint density at radius 2 is 2.00 bits per heavy atom. The van der Waals surface area contributed by atoms with Crippen molar-refractivity contribution in [2.45, 2.75) is 25.8 Å². The number of fused-ring (bicyclic) bond motifs is 1. The molecule has 0 fully saturated rings. The lowest BCUT2D eigenvalue weighted by atomic mass is 9.79. The standard InChI is InChI=1S/C25H22FN5O2/c1-15(2)14-31-23(16-9-10-28-29-13-16)22(19-5-3-4-6-20(19)25(31)33)24(32)30-18-7-8-21(26)17(11-18)12-27/h3-11,13,15,22-23H,14H2,1-2H3,(H,30,32)/t22-,23+/m0/s1. The third kappa shape index (κ3) is 4.30. The number of carbonyl (C=O) groups excluding carboxylic acids is 2. The lowest BCUT2D eigenvalue weighted by molar-refractivity contribution is -0.119. The van der Waals surface area contributed by atoms with Gasteiger partial charge >= 0.3 is 0 Å². The second-order valence-corrected chi connectivity index (χ2v) is 8.33. The molecule has 0 spiro atoms. The zero-order valence-corrected chi connectivity index (χ0v) is 18.2. The van der Waals surface area contributed by atoms with Gasteiger partial charge in [0.25, 0.3) is 5.91 Å². The van der Waals surface area contributed by atoms with Gasteiger partial charge in [-0.3, -0.25) is 9.59 Å². The number of rotatable bonds is 5. The number of nitrogens with zero attached hydrogens (tertiary/aromatic N) is 4. The van der Waals surface area contributed by atoms with Crippen LogP contribution in [0.5, 0.6) is 0 Å². The van der Waals surface area contributed by atoms with Gasteiger partial charge in [-0.15, -0.1) is 0 Å². The van der Waals surface area contributed by atoms with E-state index >= 15 is 0 Å². The van der Waals surface area contributed by atoms with Gasteiger partial charge in [0.05, 0.1) is 23.7 Å². The maximum Gasteiger partial charge on any atom is 0.254 e. The summed E-state index contributed by atoms with van der Waals surface area (Å²) in [6, 6.07) is 13.8. The Balaban J connectivity index is 1.83. The van der Waals surface area contributed by atoms with Crippen molar-refractivity contribution in [2.75, 3.05) is 11.9 Å². The fourth-order valence-corrected chi connectivity index (χ4v) is 4.23. The molecular weight excluding hydrogens is 421 g/mol. The van der Waals surface area contributed by atoms with E-state index in [4.69, 9.17) is 5.26 Å². The Morgan fingerprint density at radius 3 is 2.70 bits per heavy atom. The van der Waals surface area contributed by atoms with Crippen molar-refractivity contribution in [3.8, 4) is 6.07 Å². The molecule has 1 aliphatic rings. The van der Waals surface area contributed by atoms with E-state index in [-0.39, 0.29) is 23.3 Å². The summed E-state index contributed by atoms with van der Waals surface area (Å²) in [5.41, 5.74) is 1.89. The monoisotopic (exact) mass is 443 g/mol. The van der Waals surface area contributed by atoms with Crippen molar-refractivity contribution >= 4 is 17.5 Å². The summed E-state index contributed by atoms with van der Waals surface area (Å²) in [5, 5.41) is 19.7. The molecule has 2 heterocycles. The van der Waals surface area contributed by atoms with Gasteiger partial charge in [0.2, 0.25) is 5.91 Å². The number of nitrogens with one attached hydrogen (secondary N) is 1. The SMILES string of the molecule is CC(C)CN1C(=O)c2ccccc2[C@H](C(=O)Nc2ccc(F)c(C#N)c2)[C@H]1c1ccnnc1.